The van der Waals surface area contributed by atoms with E-state index in [0.29, 0.717) is 18.5 Å². The summed E-state index contributed by atoms with van der Waals surface area (Å²) in [6, 6.07) is -3.21. The molecule has 0 fully saturated rings. The molecule has 3 atom stereocenters. The number of thiol groups is 1. The lowest BCUT2D eigenvalue weighted by atomic mass is 10.1. The van der Waals surface area contributed by atoms with Crippen molar-refractivity contribution in [3.8, 4) is 0 Å². The highest BCUT2D eigenvalue weighted by molar-refractivity contribution is 7.80. The lowest BCUT2D eigenvalue weighted by molar-refractivity contribution is -0.141. The molecule has 1 aromatic rings. The van der Waals surface area contributed by atoms with Gasteiger partial charge in [0.1, 0.15) is 18.1 Å². The van der Waals surface area contributed by atoms with Crippen LogP contribution in [-0.4, -0.2) is 81.6 Å². The largest absolute Gasteiger partial charge is 0.480 e. The molecule has 0 saturated heterocycles. The summed E-state index contributed by atoms with van der Waals surface area (Å²) in [7, 11) is 0. The average molecular weight is 486 g/mol. The minimum Gasteiger partial charge on any atom is -0.480 e. The third kappa shape index (κ3) is 10.4. The Morgan fingerprint density at radius 2 is 1.79 bits per heavy atom. The number of aromatic nitrogens is 2. The first-order valence-corrected chi connectivity index (χ1v) is 11.0. The Labute approximate surface area is 196 Å². The quantitative estimate of drug-likeness (QED) is 0.126. The van der Waals surface area contributed by atoms with Crippen molar-refractivity contribution in [1.29, 1.82) is 0 Å². The third-order valence-electron chi connectivity index (χ3n) is 4.44. The molecule has 0 saturated carbocycles. The van der Waals surface area contributed by atoms with E-state index >= 15 is 0 Å². The first-order valence-electron chi connectivity index (χ1n) is 10.4. The monoisotopic (exact) mass is 485 g/mol. The van der Waals surface area contributed by atoms with Gasteiger partial charge in [0, 0.05) is 31.3 Å². The van der Waals surface area contributed by atoms with Crippen LogP contribution < -0.4 is 27.0 Å². The van der Waals surface area contributed by atoms with Crippen LogP contribution in [-0.2, 0) is 30.4 Å². The molecule has 1 heterocycles. The Balaban J connectivity index is 2.75. The lowest BCUT2D eigenvalue weighted by Gasteiger charge is -2.21. The standard InChI is InChI=1S/C19H31N7O6S/c1-2-3-12(24-15(27)4-5-20)17(29)22-8-16(28)25-13(6-11-7-21-10-23-11)18(30)26-14(9-33)19(31)32/h7,10,12-14,33H,2-6,8-9,20H2,1H3,(H,21,23)(H,22,29)(H,24,27)(H,25,28)(H,26,30)(H,31,32)/t12-,13-,14-/m0/s1. The highest BCUT2D eigenvalue weighted by Crippen LogP contribution is 2.01. The minimum atomic E-state index is -1.27. The van der Waals surface area contributed by atoms with E-state index in [1.807, 2.05) is 6.92 Å². The van der Waals surface area contributed by atoms with Gasteiger partial charge in [0.25, 0.3) is 0 Å². The zero-order valence-electron chi connectivity index (χ0n) is 18.3. The van der Waals surface area contributed by atoms with E-state index in [0.717, 1.165) is 0 Å². The summed E-state index contributed by atoms with van der Waals surface area (Å²) in [6.07, 6.45) is 3.97. The Morgan fingerprint density at radius 1 is 1.09 bits per heavy atom. The van der Waals surface area contributed by atoms with Gasteiger partial charge >= 0.3 is 5.97 Å². The van der Waals surface area contributed by atoms with E-state index in [4.69, 9.17) is 10.8 Å². The van der Waals surface area contributed by atoms with Crippen molar-refractivity contribution in [1.82, 2.24) is 31.2 Å². The number of hydrogen-bond acceptors (Lipinski definition) is 8. The Morgan fingerprint density at radius 3 is 2.33 bits per heavy atom. The lowest BCUT2D eigenvalue weighted by Crippen LogP contribution is -2.55. The van der Waals surface area contributed by atoms with E-state index < -0.39 is 48.4 Å². The van der Waals surface area contributed by atoms with Crippen molar-refractivity contribution in [3.05, 3.63) is 18.2 Å². The smallest absolute Gasteiger partial charge is 0.327 e. The van der Waals surface area contributed by atoms with E-state index in [-0.39, 0.29) is 31.0 Å². The van der Waals surface area contributed by atoms with Crippen LogP contribution in [0.15, 0.2) is 12.5 Å². The maximum absolute atomic E-state index is 12.6. The highest BCUT2D eigenvalue weighted by Gasteiger charge is 2.27. The van der Waals surface area contributed by atoms with Gasteiger partial charge in [-0.2, -0.15) is 12.6 Å². The number of carboxylic acids is 1. The van der Waals surface area contributed by atoms with Crippen LogP contribution in [0.5, 0.6) is 0 Å². The molecule has 184 valence electrons. The highest BCUT2D eigenvalue weighted by atomic mass is 32.1. The molecule has 1 rings (SSSR count). The molecular weight excluding hydrogens is 454 g/mol. The minimum absolute atomic E-state index is 0.0124. The number of H-pyrrole nitrogens is 1. The summed E-state index contributed by atoms with van der Waals surface area (Å²) in [5.74, 6) is -3.75. The van der Waals surface area contributed by atoms with Crippen LogP contribution >= 0.6 is 12.6 Å². The SMILES string of the molecule is CCC[C@H](NC(=O)CCN)C(=O)NCC(=O)N[C@@H](Cc1c[nH]cn1)C(=O)N[C@@H](CS)C(=O)O. The Bertz CT molecular complexity index is 805. The molecule has 8 N–H and O–H groups in total. The molecule has 33 heavy (non-hydrogen) atoms. The molecule has 13 nitrogen and oxygen atoms in total. The normalized spacial score (nSPS) is 13.3. The van der Waals surface area contributed by atoms with Crippen LogP contribution in [0.2, 0.25) is 0 Å². The van der Waals surface area contributed by atoms with Crippen LogP contribution in [0, 0.1) is 0 Å². The molecule has 0 aromatic carbocycles. The number of hydrogen-bond donors (Lipinski definition) is 8. The molecule has 0 aliphatic carbocycles. The molecule has 0 unspecified atom stereocenters. The molecule has 0 aliphatic rings. The number of nitrogens with zero attached hydrogens (tertiary/aromatic N) is 1. The predicted molar refractivity (Wildman–Crippen MR) is 121 cm³/mol. The number of carboxylic acid groups (broad SMARTS) is 1. The van der Waals surface area contributed by atoms with Crippen molar-refractivity contribution in [3.63, 3.8) is 0 Å². The second kappa shape index (κ2) is 14.8. The number of aliphatic carboxylic acids is 1. The first kappa shape index (κ1) is 27.9. The van der Waals surface area contributed by atoms with Crippen molar-refractivity contribution >= 4 is 42.2 Å². The fourth-order valence-corrected chi connectivity index (χ4v) is 3.02. The summed E-state index contributed by atoms with van der Waals surface area (Å²) in [4.78, 5) is 67.1. The van der Waals surface area contributed by atoms with Gasteiger partial charge in [0.2, 0.25) is 23.6 Å². The van der Waals surface area contributed by atoms with Crippen molar-refractivity contribution in [2.45, 2.75) is 50.7 Å². The van der Waals surface area contributed by atoms with Gasteiger partial charge in [-0.05, 0) is 6.42 Å². The molecule has 0 radical (unpaired) electrons. The van der Waals surface area contributed by atoms with E-state index in [9.17, 15) is 24.0 Å². The topological polar surface area (TPSA) is 208 Å². The zero-order chi connectivity index (χ0) is 24.8. The number of rotatable bonds is 15. The fraction of sp³-hybridized carbons (Fsp3) is 0.579. The average Bonchev–Trinajstić information content (AvgIpc) is 3.28. The number of imidazole rings is 1. The number of aromatic amines is 1. The molecule has 0 bridgehead atoms. The first-order chi connectivity index (χ1) is 15.7. The fourth-order valence-electron chi connectivity index (χ4n) is 2.77. The zero-order valence-corrected chi connectivity index (χ0v) is 19.2. The van der Waals surface area contributed by atoms with Gasteiger partial charge in [0.15, 0.2) is 0 Å². The van der Waals surface area contributed by atoms with Crippen LogP contribution in [0.1, 0.15) is 31.9 Å². The van der Waals surface area contributed by atoms with Crippen LogP contribution in [0.4, 0.5) is 0 Å². The van der Waals surface area contributed by atoms with E-state index in [1.165, 1.54) is 12.5 Å². The number of carbonyl (C=O) groups is 5. The second-order valence-electron chi connectivity index (χ2n) is 7.13. The van der Waals surface area contributed by atoms with Gasteiger partial charge < -0.3 is 37.1 Å². The molecule has 1 aromatic heterocycles. The number of carbonyl (C=O) groups excluding carboxylic acids is 4. The van der Waals surface area contributed by atoms with Crippen molar-refractivity contribution in [2.24, 2.45) is 5.73 Å². The van der Waals surface area contributed by atoms with Crippen LogP contribution in [0.3, 0.4) is 0 Å². The van der Waals surface area contributed by atoms with E-state index in [1.54, 1.807) is 0 Å². The van der Waals surface area contributed by atoms with Gasteiger partial charge in [-0.25, -0.2) is 9.78 Å². The maximum atomic E-state index is 12.6. The maximum Gasteiger partial charge on any atom is 0.327 e. The summed E-state index contributed by atoms with van der Waals surface area (Å²) in [6.45, 7) is 1.53. The van der Waals surface area contributed by atoms with Crippen molar-refractivity contribution < 1.29 is 29.1 Å². The third-order valence-corrected chi connectivity index (χ3v) is 4.81. The second-order valence-corrected chi connectivity index (χ2v) is 7.50. The molecule has 4 amide bonds. The summed E-state index contributed by atoms with van der Waals surface area (Å²) < 4.78 is 0. The Hall–Kier alpha value is -3.13. The molecule has 0 spiro atoms. The van der Waals surface area contributed by atoms with Crippen molar-refractivity contribution in [2.75, 3.05) is 18.8 Å². The predicted octanol–water partition coefficient (Wildman–Crippen LogP) is -2.31. The Kier molecular flexibility index (Phi) is 12.5. The summed E-state index contributed by atoms with van der Waals surface area (Å²) in [5, 5.41) is 18.9. The summed E-state index contributed by atoms with van der Waals surface area (Å²) in [5.41, 5.74) is 5.80. The van der Waals surface area contributed by atoms with Gasteiger partial charge in [-0.15, -0.1) is 0 Å². The number of nitrogens with one attached hydrogen (secondary N) is 5. The molecular formula is C19H31N7O6S. The van der Waals surface area contributed by atoms with Crippen LogP contribution in [0.25, 0.3) is 0 Å². The number of nitrogens with two attached hydrogens (primary N) is 1. The number of amides is 4. The van der Waals surface area contributed by atoms with Gasteiger partial charge in [-0.1, -0.05) is 13.3 Å². The van der Waals surface area contributed by atoms with Gasteiger partial charge in [0.05, 0.1) is 18.6 Å². The van der Waals surface area contributed by atoms with Gasteiger partial charge in [-0.3, -0.25) is 19.2 Å². The molecule has 0 aliphatic heterocycles. The van der Waals surface area contributed by atoms with E-state index in [2.05, 4.69) is 43.9 Å². The molecule has 14 heteroatoms. The summed E-state index contributed by atoms with van der Waals surface area (Å²) >= 11 is 3.90.